The predicted molar refractivity (Wildman–Crippen MR) is 159 cm³/mol. The molecule has 0 bridgehead atoms. The van der Waals surface area contributed by atoms with E-state index in [0.717, 1.165) is 87.1 Å². The van der Waals surface area contributed by atoms with Crippen LogP contribution in [0.3, 0.4) is 0 Å². The topological polar surface area (TPSA) is 124 Å². The monoisotopic (exact) mass is 550 g/mol. The van der Waals surface area contributed by atoms with Gasteiger partial charge in [-0.2, -0.15) is 13.5 Å². The first-order valence-electron chi connectivity index (χ1n) is 13.3. The Morgan fingerprint density at radius 1 is 1.00 bits per heavy atom. The van der Waals surface area contributed by atoms with Crippen molar-refractivity contribution in [1.82, 2.24) is 24.8 Å². The summed E-state index contributed by atoms with van der Waals surface area (Å²) in [5, 5.41) is 12.4. The largest absolute Gasteiger partial charge is 0.480 e. The molecule has 2 aliphatic heterocycles. The number of hydrogen-bond acceptors (Lipinski definition) is 9. The van der Waals surface area contributed by atoms with Gasteiger partial charge in [-0.1, -0.05) is 12.1 Å². The summed E-state index contributed by atoms with van der Waals surface area (Å²) in [4.78, 5) is 31.4. The van der Waals surface area contributed by atoms with Gasteiger partial charge in [0.2, 0.25) is 5.95 Å². The van der Waals surface area contributed by atoms with E-state index in [-0.39, 0.29) is 20.0 Å². The van der Waals surface area contributed by atoms with Crippen LogP contribution in [-0.2, 0) is 11.3 Å². The third-order valence-electron chi connectivity index (χ3n) is 7.29. The molecule has 2 aromatic heterocycles. The van der Waals surface area contributed by atoms with Crippen molar-refractivity contribution in [1.29, 1.82) is 0 Å². The van der Waals surface area contributed by atoms with E-state index in [1.165, 1.54) is 5.56 Å². The molecule has 4 heterocycles. The summed E-state index contributed by atoms with van der Waals surface area (Å²) < 4.78 is 0. The molecule has 11 heteroatoms. The van der Waals surface area contributed by atoms with Gasteiger partial charge in [-0.25, -0.2) is 15.0 Å². The molecule has 0 amide bonds. The highest BCUT2D eigenvalue weighted by Crippen LogP contribution is 2.27. The lowest BCUT2D eigenvalue weighted by Gasteiger charge is -2.33. The van der Waals surface area contributed by atoms with E-state index in [9.17, 15) is 4.79 Å². The molecule has 1 aromatic carbocycles. The summed E-state index contributed by atoms with van der Waals surface area (Å²) >= 11 is 0. The van der Waals surface area contributed by atoms with Gasteiger partial charge in [0.15, 0.2) is 0 Å². The smallest absolute Gasteiger partial charge is 0.317 e. The van der Waals surface area contributed by atoms with Crippen molar-refractivity contribution >= 4 is 36.9 Å². The van der Waals surface area contributed by atoms with E-state index in [1.54, 1.807) is 6.20 Å². The molecule has 2 aliphatic rings. The van der Waals surface area contributed by atoms with Gasteiger partial charge in [-0.3, -0.25) is 14.6 Å². The maximum atomic E-state index is 10.9. The maximum Gasteiger partial charge on any atom is 0.317 e. The fourth-order valence-electron chi connectivity index (χ4n) is 5.34. The molecule has 5 rings (SSSR count). The van der Waals surface area contributed by atoms with Crippen LogP contribution in [0, 0.1) is 0 Å². The summed E-state index contributed by atoms with van der Waals surface area (Å²) in [6.07, 6.45) is 8.83. The molecule has 10 nitrogen and oxygen atoms in total. The second-order valence-corrected chi connectivity index (χ2v) is 10.0. The van der Waals surface area contributed by atoms with Crippen molar-refractivity contribution in [2.24, 2.45) is 5.73 Å². The zero-order chi connectivity index (χ0) is 26.3. The van der Waals surface area contributed by atoms with Gasteiger partial charge in [0.1, 0.15) is 5.82 Å². The van der Waals surface area contributed by atoms with E-state index in [1.807, 2.05) is 41.6 Å². The second kappa shape index (κ2) is 13.7. The highest BCUT2D eigenvalue weighted by atomic mass is 32.1. The average Bonchev–Trinajstić information content (AvgIpc) is 3.39. The number of anilines is 3. The molecule has 3 aromatic rings. The van der Waals surface area contributed by atoms with Crippen LogP contribution in [0.4, 0.5) is 17.5 Å². The number of hydrogen-bond donors (Lipinski definition) is 3. The number of nitrogens with one attached hydrogen (secondary N) is 1. The van der Waals surface area contributed by atoms with E-state index in [4.69, 9.17) is 10.8 Å². The Bertz CT molecular complexity index is 1220. The van der Waals surface area contributed by atoms with Crippen molar-refractivity contribution in [2.45, 2.75) is 31.8 Å². The number of aliphatic carboxylic acids is 1. The Morgan fingerprint density at radius 2 is 1.77 bits per heavy atom. The maximum absolute atomic E-state index is 10.9. The fourth-order valence-corrected chi connectivity index (χ4v) is 5.34. The Kier molecular flexibility index (Phi) is 10.1. The lowest BCUT2D eigenvalue weighted by Crippen LogP contribution is -2.47. The molecule has 0 saturated carbocycles. The first-order valence-corrected chi connectivity index (χ1v) is 13.3. The van der Waals surface area contributed by atoms with Crippen LogP contribution in [0.25, 0.3) is 11.1 Å². The highest BCUT2D eigenvalue weighted by Gasteiger charge is 2.25. The normalized spacial score (nSPS) is 18.1. The van der Waals surface area contributed by atoms with Crippen LogP contribution in [0.1, 0.15) is 24.8 Å². The fraction of sp³-hybridized carbons (Fsp3) is 0.429. The molecule has 0 aliphatic carbocycles. The Hall–Kier alpha value is -3.25. The SMILES string of the molecule is NCCC1CCCN1c1ncc(-c2ccnc(Nc3cccc(CN4CCN(CC(=O)O)CC4)c3)c2)cn1.S. The van der Waals surface area contributed by atoms with Crippen molar-refractivity contribution < 1.29 is 9.90 Å². The van der Waals surface area contributed by atoms with Gasteiger partial charge in [0, 0.05) is 75.2 Å². The third-order valence-corrected chi connectivity index (χ3v) is 7.29. The van der Waals surface area contributed by atoms with Gasteiger partial charge < -0.3 is 21.1 Å². The number of carbonyl (C=O) groups is 1. The van der Waals surface area contributed by atoms with Crippen LogP contribution in [0.15, 0.2) is 55.0 Å². The number of aromatic nitrogens is 3. The van der Waals surface area contributed by atoms with E-state index < -0.39 is 5.97 Å². The van der Waals surface area contributed by atoms with Crippen LogP contribution >= 0.6 is 13.5 Å². The molecule has 208 valence electrons. The van der Waals surface area contributed by atoms with Crippen LogP contribution in [0.5, 0.6) is 0 Å². The second-order valence-electron chi connectivity index (χ2n) is 10.0. The first kappa shape index (κ1) is 28.8. The molecule has 39 heavy (non-hydrogen) atoms. The number of benzene rings is 1. The number of carboxylic acids is 1. The minimum absolute atomic E-state index is 0. The van der Waals surface area contributed by atoms with Gasteiger partial charge in [-0.05, 0) is 61.2 Å². The quantitative estimate of drug-likeness (QED) is 0.347. The number of nitrogens with two attached hydrogens (primary N) is 1. The van der Waals surface area contributed by atoms with Crippen molar-refractivity contribution in [3.63, 3.8) is 0 Å². The number of carboxylic acid groups (broad SMARTS) is 1. The van der Waals surface area contributed by atoms with Crippen molar-refractivity contribution in [2.75, 3.05) is 56.0 Å². The molecular formula is C28H38N8O2S. The minimum atomic E-state index is -0.766. The molecular weight excluding hydrogens is 512 g/mol. The zero-order valence-electron chi connectivity index (χ0n) is 22.2. The first-order chi connectivity index (χ1) is 18.6. The number of nitrogens with zero attached hydrogens (tertiary/aromatic N) is 6. The standard InChI is InChI=1S/C28H36N8O2.H2S/c29-8-6-25-5-2-10-36(25)28-31-17-23(18-32-28)22-7-9-30-26(16-22)33-24-4-1-3-21(15-24)19-34-11-13-35(14-12-34)20-27(37)38;/h1,3-4,7,9,15-18,25H,2,5-6,8,10-14,19-20,29H2,(H,30,33)(H,37,38);1H2. The molecule has 2 saturated heterocycles. The Morgan fingerprint density at radius 3 is 2.51 bits per heavy atom. The van der Waals surface area contributed by atoms with Crippen LogP contribution in [-0.4, -0.2) is 87.7 Å². The molecule has 1 atom stereocenters. The molecule has 2 fully saturated rings. The average molecular weight is 551 g/mol. The molecule has 1 unspecified atom stereocenters. The van der Waals surface area contributed by atoms with E-state index >= 15 is 0 Å². The number of piperazine rings is 1. The van der Waals surface area contributed by atoms with E-state index in [0.29, 0.717) is 12.6 Å². The van der Waals surface area contributed by atoms with Gasteiger partial charge in [0.25, 0.3) is 0 Å². The molecule has 0 spiro atoms. The van der Waals surface area contributed by atoms with Crippen molar-refractivity contribution in [3.05, 3.63) is 60.6 Å². The summed E-state index contributed by atoms with van der Waals surface area (Å²) in [5.41, 5.74) is 9.92. The summed E-state index contributed by atoms with van der Waals surface area (Å²) in [6.45, 7) is 5.88. The van der Waals surface area contributed by atoms with Gasteiger partial charge >= 0.3 is 5.97 Å². The zero-order valence-corrected chi connectivity index (χ0v) is 23.2. The Labute approximate surface area is 236 Å². The summed E-state index contributed by atoms with van der Waals surface area (Å²) in [7, 11) is 0. The van der Waals surface area contributed by atoms with E-state index in [2.05, 4.69) is 42.2 Å². The van der Waals surface area contributed by atoms with Crippen LogP contribution < -0.4 is 16.0 Å². The highest BCUT2D eigenvalue weighted by molar-refractivity contribution is 7.59. The molecule has 0 radical (unpaired) electrons. The third kappa shape index (κ3) is 7.66. The summed E-state index contributed by atoms with van der Waals surface area (Å²) in [5.74, 6) is 0.767. The Balaban J connectivity index is 0.00000353. The van der Waals surface area contributed by atoms with Gasteiger partial charge in [0.05, 0.1) is 6.54 Å². The predicted octanol–water partition coefficient (Wildman–Crippen LogP) is 2.91. The minimum Gasteiger partial charge on any atom is -0.480 e. The lowest BCUT2D eigenvalue weighted by atomic mass is 10.1. The lowest BCUT2D eigenvalue weighted by molar-refractivity contribution is -0.138. The van der Waals surface area contributed by atoms with Gasteiger partial charge in [-0.15, -0.1) is 0 Å². The number of pyridine rings is 1. The van der Waals surface area contributed by atoms with Crippen LogP contribution in [0.2, 0.25) is 0 Å². The molecule has 4 N–H and O–H groups in total. The number of rotatable bonds is 10. The van der Waals surface area contributed by atoms with Crippen molar-refractivity contribution in [3.8, 4) is 11.1 Å². The summed E-state index contributed by atoms with van der Waals surface area (Å²) in [6, 6.07) is 12.8.